The summed E-state index contributed by atoms with van der Waals surface area (Å²) in [6.07, 6.45) is -3.53. The molecule has 3 saturated heterocycles. The standard InChI is InChI=1S/C32H40F3N3O6/c1-20-27(17-37-15-3-5-25(37)19-42-2)43-30(44-28(20)22-9-7-21(18-39)8-10-22)23-11-13-24(14-12-23)36-29(40)26-6-4-16-38(26)31(41)32(33,34)35/h7-14,20,25-28,30,39H,3-6,15-19H2,1-2H3,(H,36,40)/t20-,25-,26-,27+,28+,30+/m0/s1. The number of carbonyl (C=O) groups excluding carboxylic acids is 2. The summed E-state index contributed by atoms with van der Waals surface area (Å²) >= 11 is 0. The molecule has 3 aliphatic heterocycles. The zero-order valence-corrected chi connectivity index (χ0v) is 25.0. The smallest absolute Gasteiger partial charge is 0.392 e. The molecule has 2 amide bonds. The summed E-state index contributed by atoms with van der Waals surface area (Å²) in [6.45, 7) is 4.28. The van der Waals surface area contributed by atoms with Crippen molar-refractivity contribution in [2.75, 3.05) is 38.7 Å². The van der Waals surface area contributed by atoms with Crippen molar-refractivity contribution in [2.45, 2.75) is 76.0 Å². The molecule has 9 nitrogen and oxygen atoms in total. The molecule has 3 fully saturated rings. The van der Waals surface area contributed by atoms with Crippen LogP contribution < -0.4 is 5.32 Å². The SMILES string of the molecule is COC[C@@H]1CCCN1C[C@H]1O[C@@H](c2ccc(NC(=O)[C@@H]3CCCN3C(=O)C(F)(F)F)cc2)O[C@@H](c2ccc(CO)cc2)[C@H]1C. The van der Waals surface area contributed by atoms with E-state index < -0.39 is 30.3 Å². The number of nitrogens with one attached hydrogen (secondary N) is 1. The normalized spacial score (nSPS) is 27.9. The summed E-state index contributed by atoms with van der Waals surface area (Å²) in [5.74, 6) is -2.64. The van der Waals surface area contributed by atoms with Crippen LogP contribution in [-0.4, -0.2) is 84.4 Å². The quantitative estimate of drug-likeness (QED) is 0.424. The molecule has 0 aromatic heterocycles. The molecule has 2 N–H and O–H groups in total. The van der Waals surface area contributed by atoms with E-state index >= 15 is 0 Å². The molecule has 2 aromatic rings. The highest BCUT2D eigenvalue weighted by Gasteiger charge is 2.47. The summed E-state index contributed by atoms with van der Waals surface area (Å²) in [6, 6.07) is 13.7. The molecule has 0 bridgehead atoms. The van der Waals surface area contributed by atoms with E-state index in [0.717, 1.165) is 36.1 Å². The number of methoxy groups -OCH3 is 1. The Bertz CT molecular complexity index is 1280. The first-order valence-electron chi connectivity index (χ1n) is 15.1. The van der Waals surface area contributed by atoms with Gasteiger partial charge in [-0.25, -0.2) is 0 Å². The fourth-order valence-electron chi connectivity index (χ4n) is 6.47. The van der Waals surface area contributed by atoms with Crippen molar-refractivity contribution >= 4 is 17.5 Å². The summed E-state index contributed by atoms with van der Waals surface area (Å²) in [5, 5.41) is 12.2. The van der Waals surface area contributed by atoms with Gasteiger partial charge in [-0.2, -0.15) is 13.2 Å². The number of amides is 2. The minimum absolute atomic E-state index is 0.0161. The third-order valence-corrected chi connectivity index (χ3v) is 8.91. The van der Waals surface area contributed by atoms with Gasteiger partial charge >= 0.3 is 12.1 Å². The number of hydrogen-bond donors (Lipinski definition) is 2. The van der Waals surface area contributed by atoms with Gasteiger partial charge in [-0.3, -0.25) is 14.5 Å². The van der Waals surface area contributed by atoms with Gasteiger partial charge < -0.3 is 29.5 Å². The Hall–Kier alpha value is -3.03. The number of halogens is 3. The van der Waals surface area contributed by atoms with Crippen LogP contribution in [0, 0.1) is 5.92 Å². The van der Waals surface area contributed by atoms with Crippen LogP contribution >= 0.6 is 0 Å². The Balaban J connectivity index is 1.31. The van der Waals surface area contributed by atoms with E-state index in [9.17, 15) is 27.9 Å². The molecule has 0 radical (unpaired) electrons. The Kier molecular flexibility index (Phi) is 10.3. The summed E-state index contributed by atoms with van der Waals surface area (Å²) in [4.78, 5) is 27.7. The van der Waals surface area contributed by atoms with Gasteiger partial charge in [0.2, 0.25) is 5.91 Å². The van der Waals surface area contributed by atoms with Crippen LogP contribution in [0.15, 0.2) is 48.5 Å². The van der Waals surface area contributed by atoms with Crippen LogP contribution in [0.2, 0.25) is 0 Å². The second-order valence-electron chi connectivity index (χ2n) is 11.8. The van der Waals surface area contributed by atoms with Gasteiger partial charge in [-0.1, -0.05) is 43.3 Å². The van der Waals surface area contributed by atoms with E-state index in [2.05, 4.69) is 17.1 Å². The van der Waals surface area contributed by atoms with Gasteiger partial charge in [0.05, 0.1) is 25.4 Å². The molecular formula is C32H40F3N3O6. The molecule has 0 saturated carbocycles. The van der Waals surface area contributed by atoms with Crippen LogP contribution in [0.5, 0.6) is 0 Å². The Morgan fingerprint density at radius 3 is 2.34 bits per heavy atom. The number of benzene rings is 2. The highest BCUT2D eigenvalue weighted by molar-refractivity contribution is 5.98. The van der Waals surface area contributed by atoms with Crippen molar-refractivity contribution in [3.8, 4) is 0 Å². The number of hydrogen-bond acceptors (Lipinski definition) is 7. The Morgan fingerprint density at radius 2 is 1.68 bits per heavy atom. The van der Waals surface area contributed by atoms with Crippen LogP contribution in [0.3, 0.4) is 0 Å². The summed E-state index contributed by atoms with van der Waals surface area (Å²) < 4.78 is 57.6. The molecular weight excluding hydrogens is 579 g/mol. The maximum atomic E-state index is 13.0. The van der Waals surface area contributed by atoms with Gasteiger partial charge in [0, 0.05) is 43.4 Å². The number of aliphatic hydroxyl groups is 1. The van der Waals surface area contributed by atoms with Crippen molar-refractivity contribution < 1.29 is 42.1 Å². The fourth-order valence-corrected chi connectivity index (χ4v) is 6.47. The van der Waals surface area contributed by atoms with Crippen LogP contribution in [0.1, 0.15) is 61.7 Å². The lowest BCUT2D eigenvalue weighted by atomic mass is 9.90. The average Bonchev–Trinajstić information content (AvgIpc) is 3.68. The predicted molar refractivity (Wildman–Crippen MR) is 155 cm³/mol. The molecule has 3 aliphatic rings. The molecule has 240 valence electrons. The highest BCUT2D eigenvalue weighted by atomic mass is 19.4. The molecule has 0 aliphatic carbocycles. The topological polar surface area (TPSA) is 101 Å². The second kappa shape index (κ2) is 13.9. The average molecular weight is 620 g/mol. The van der Waals surface area contributed by atoms with E-state index in [1.807, 2.05) is 24.3 Å². The third-order valence-electron chi connectivity index (χ3n) is 8.91. The zero-order chi connectivity index (χ0) is 31.4. The number of carbonyl (C=O) groups is 2. The molecule has 3 heterocycles. The van der Waals surface area contributed by atoms with Crippen molar-refractivity contribution in [1.29, 1.82) is 0 Å². The number of alkyl halides is 3. The summed E-state index contributed by atoms with van der Waals surface area (Å²) in [7, 11) is 1.71. The predicted octanol–water partition coefficient (Wildman–Crippen LogP) is 4.57. The third kappa shape index (κ3) is 7.26. The van der Waals surface area contributed by atoms with Crippen molar-refractivity contribution in [1.82, 2.24) is 9.80 Å². The number of rotatable bonds is 9. The highest BCUT2D eigenvalue weighted by Crippen LogP contribution is 2.42. The lowest BCUT2D eigenvalue weighted by Crippen LogP contribution is -2.48. The minimum Gasteiger partial charge on any atom is -0.392 e. The number of nitrogens with zero attached hydrogens (tertiary/aromatic N) is 2. The fraction of sp³-hybridized carbons (Fsp3) is 0.562. The molecule has 0 spiro atoms. The molecule has 44 heavy (non-hydrogen) atoms. The lowest BCUT2D eigenvalue weighted by molar-refractivity contribution is -0.276. The number of ether oxygens (including phenoxy) is 3. The van der Waals surface area contributed by atoms with Gasteiger partial charge in [0.15, 0.2) is 6.29 Å². The number of anilines is 1. The van der Waals surface area contributed by atoms with Crippen LogP contribution in [0.4, 0.5) is 18.9 Å². The van der Waals surface area contributed by atoms with Gasteiger partial charge in [-0.05, 0) is 55.5 Å². The first-order chi connectivity index (χ1) is 21.1. The van der Waals surface area contributed by atoms with E-state index in [1.54, 1.807) is 31.4 Å². The molecule has 6 atom stereocenters. The van der Waals surface area contributed by atoms with Crippen molar-refractivity contribution in [2.24, 2.45) is 5.92 Å². The van der Waals surface area contributed by atoms with E-state index in [0.29, 0.717) is 36.2 Å². The Morgan fingerprint density at radius 1 is 1.00 bits per heavy atom. The van der Waals surface area contributed by atoms with Gasteiger partial charge in [-0.15, -0.1) is 0 Å². The van der Waals surface area contributed by atoms with E-state index in [4.69, 9.17) is 14.2 Å². The lowest BCUT2D eigenvalue weighted by Gasteiger charge is -2.43. The van der Waals surface area contributed by atoms with Gasteiger partial charge in [0.1, 0.15) is 6.04 Å². The first kappa shape index (κ1) is 32.4. The maximum Gasteiger partial charge on any atom is 0.471 e. The summed E-state index contributed by atoms with van der Waals surface area (Å²) in [5.41, 5.74) is 2.89. The molecule has 12 heteroatoms. The second-order valence-corrected chi connectivity index (χ2v) is 11.8. The van der Waals surface area contributed by atoms with Crippen LogP contribution in [0.25, 0.3) is 0 Å². The maximum absolute atomic E-state index is 13.0. The van der Waals surface area contributed by atoms with E-state index in [-0.39, 0.29) is 37.7 Å². The molecule has 0 unspecified atom stereocenters. The zero-order valence-electron chi connectivity index (χ0n) is 25.0. The van der Waals surface area contributed by atoms with E-state index in [1.165, 1.54) is 0 Å². The monoisotopic (exact) mass is 619 g/mol. The minimum atomic E-state index is -5.03. The number of likely N-dealkylation sites (tertiary alicyclic amines) is 2. The largest absolute Gasteiger partial charge is 0.471 e. The Labute approximate surface area is 255 Å². The van der Waals surface area contributed by atoms with Crippen molar-refractivity contribution in [3.63, 3.8) is 0 Å². The number of aliphatic hydroxyl groups excluding tert-OH is 1. The van der Waals surface area contributed by atoms with Crippen molar-refractivity contribution in [3.05, 3.63) is 65.2 Å². The van der Waals surface area contributed by atoms with Gasteiger partial charge in [0.25, 0.3) is 0 Å². The van der Waals surface area contributed by atoms with Crippen LogP contribution in [-0.2, 0) is 30.4 Å². The first-order valence-corrected chi connectivity index (χ1v) is 15.1. The molecule has 5 rings (SSSR count). The molecule has 2 aromatic carbocycles.